The Morgan fingerprint density at radius 2 is 1.95 bits per heavy atom. The van der Waals surface area contributed by atoms with Gasteiger partial charge in [0, 0.05) is 11.1 Å². The topological polar surface area (TPSA) is 67.9 Å². The summed E-state index contributed by atoms with van der Waals surface area (Å²) in [4.78, 5) is 14.8. The molecule has 4 heteroatoms. The van der Waals surface area contributed by atoms with E-state index in [1.54, 1.807) is 4.90 Å². The van der Waals surface area contributed by atoms with Crippen molar-refractivity contribution in [3.63, 3.8) is 0 Å². The molecule has 1 aromatic rings. The van der Waals surface area contributed by atoms with E-state index in [0.29, 0.717) is 5.92 Å². The lowest BCUT2D eigenvalue weighted by Gasteiger charge is -2.43. The van der Waals surface area contributed by atoms with Crippen molar-refractivity contribution in [2.45, 2.75) is 45.6 Å². The number of nitrogens with zero attached hydrogens (tertiary/aromatic N) is 3. The number of hydrogen-bond acceptors (Lipinski definition) is 3. The summed E-state index contributed by atoms with van der Waals surface area (Å²) in [6, 6.07) is 7.82. The van der Waals surface area contributed by atoms with Crippen LogP contribution in [-0.2, 0) is 4.79 Å². The van der Waals surface area contributed by atoms with Crippen LogP contribution >= 0.6 is 0 Å². The quantitative estimate of drug-likeness (QED) is 0.543. The number of carbonyl (C=O) groups excluding carboxylic acids is 1. The number of aryl methyl sites for hydroxylation is 1. The van der Waals surface area contributed by atoms with Gasteiger partial charge in [-0.1, -0.05) is 19.1 Å². The van der Waals surface area contributed by atoms with Gasteiger partial charge in [0.15, 0.2) is 0 Å². The zero-order valence-electron chi connectivity index (χ0n) is 13.2. The highest BCUT2D eigenvalue weighted by Gasteiger charge is 2.48. The van der Waals surface area contributed by atoms with E-state index in [9.17, 15) is 15.3 Å². The zero-order valence-corrected chi connectivity index (χ0v) is 13.2. The molecule has 2 aliphatic heterocycles. The van der Waals surface area contributed by atoms with E-state index < -0.39 is 0 Å². The molecule has 1 atom stereocenters. The highest BCUT2D eigenvalue weighted by atomic mass is 16.2. The Kier molecular flexibility index (Phi) is 2.90. The van der Waals surface area contributed by atoms with Crippen LogP contribution in [0.2, 0.25) is 0 Å². The third kappa shape index (κ3) is 1.64. The molecule has 0 bridgehead atoms. The van der Waals surface area contributed by atoms with Gasteiger partial charge in [-0.2, -0.15) is 10.5 Å². The number of rotatable bonds is 0. The summed E-state index contributed by atoms with van der Waals surface area (Å²) in [6.07, 6.45) is 0.857. The second-order valence-corrected chi connectivity index (χ2v) is 6.73. The van der Waals surface area contributed by atoms with Crippen molar-refractivity contribution in [2.75, 3.05) is 4.90 Å². The summed E-state index contributed by atoms with van der Waals surface area (Å²) in [7, 11) is 0. The lowest BCUT2D eigenvalue weighted by molar-refractivity contribution is -0.114. The summed E-state index contributed by atoms with van der Waals surface area (Å²) >= 11 is 0. The molecule has 1 aromatic carbocycles. The van der Waals surface area contributed by atoms with Gasteiger partial charge in [0.1, 0.15) is 17.7 Å². The minimum atomic E-state index is -0.330. The van der Waals surface area contributed by atoms with Gasteiger partial charge in [-0.25, -0.2) is 0 Å². The number of nitriles is 2. The predicted octanol–water partition coefficient (Wildman–Crippen LogP) is 3.43. The highest BCUT2D eigenvalue weighted by Crippen LogP contribution is 2.53. The van der Waals surface area contributed by atoms with Crippen LogP contribution in [0.3, 0.4) is 0 Å². The molecule has 0 aromatic heterocycles. The van der Waals surface area contributed by atoms with Crippen LogP contribution in [0.25, 0.3) is 5.57 Å². The van der Waals surface area contributed by atoms with Crippen LogP contribution in [0.15, 0.2) is 17.7 Å². The zero-order chi connectivity index (χ0) is 16.2. The van der Waals surface area contributed by atoms with Gasteiger partial charge in [-0.05, 0) is 44.2 Å². The molecule has 1 amide bonds. The molecular formula is C18H17N3O. The summed E-state index contributed by atoms with van der Waals surface area (Å²) in [5.41, 5.74) is 3.55. The Morgan fingerprint density at radius 3 is 2.55 bits per heavy atom. The minimum absolute atomic E-state index is 0.0978. The fourth-order valence-electron chi connectivity index (χ4n) is 3.88. The van der Waals surface area contributed by atoms with E-state index in [4.69, 9.17) is 0 Å². The molecule has 0 saturated carbocycles. The van der Waals surface area contributed by atoms with E-state index in [0.717, 1.165) is 28.8 Å². The van der Waals surface area contributed by atoms with Crippen molar-refractivity contribution < 1.29 is 4.79 Å². The Balaban J connectivity index is 2.46. The van der Waals surface area contributed by atoms with E-state index in [1.165, 1.54) is 0 Å². The van der Waals surface area contributed by atoms with Crippen LogP contribution < -0.4 is 4.90 Å². The van der Waals surface area contributed by atoms with Crippen LogP contribution in [-0.4, -0.2) is 11.4 Å². The van der Waals surface area contributed by atoms with E-state index in [1.807, 2.05) is 39.0 Å². The van der Waals surface area contributed by atoms with Gasteiger partial charge >= 0.3 is 0 Å². The number of anilines is 1. The summed E-state index contributed by atoms with van der Waals surface area (Å²) < 4.78 is 0. The maximum atomic E-state index is 13.0. The molecule has 4 nitrogen and oxygen atoms in total. The average Bonchev–Trinajstić information content (AvgIpc) is 2.75. The largest absolute Gasteiger partial charge is 0.302 e. The van der Waals surface area contributed by atoms with Crippen molar-refractivity contribution >= 4 is 17.2 Å². The predicted molar refractivity (Wildman–Crippen MR) is 83.9 cm³/mol. The molecule has 0 fully saturated rings. The Morgan fingerprint density at radius 1 is 1.32 bits per heavy atom. The third-order valence-electron chi connectivity index (χ3n) is 4.72. The van der Waals surface area contributed by atoms with Crippen LogP contribution in [0, 0.1) is 29.6 Å². The fraction of sp³-hybridized carbons (Fsp3) is 0.389. The Labute approximate surface area is 130 Å². The molecule has 0 radical (unpaired) electrons. The van der Waals surface area contributed by atoms with Gasteiger partial charge in [0.05, 0.1) is 11.3 Å². The number of benzene rings is 1. The maximum absolute atomic E-state index is 13.0. The second-order valence-electron chi connectivity index (χ2n) is 6.73. The maximum Gasteiger partial charge on any atom is 0.261 e. The first kappa shape index (κ1) is 14.4. The average molecular weight is 291 g/mol. The van der Waals surface area contributed by atoms with Crippen molar-refractivity contribution in [2.24, 2.45) is 0 Å². The van der Waals surface area contributed by atoms with Crippen molar-refractivity contribution in [1.29, 1.82) is 10.5 Å². The lowest BCUT2D eigenvalue weighted by atomic mass is 9.80. The first-order chi connectivity index (χ1) is 10.3. The van der Waals surface area contributed by atoms with E-state index >= 15 is 0 Å². The summed E-state index contributed by atoms with van der Waals surface area (Å²) in [5, 5.41) is 18.5. The third-order valence-corrected chi connectivity index (χ3v) is 4.72. The Bertz CT molecular complexity index is 802. The van der Waals surface area contributed by atoms with Gasteiger partial charge in [-0.3, -0.25) is 4.79 Å². The van der Waals surface area contributed by atoms with Gasteiger partial charge in [-0.15, -0.1) is 0 Å². The number of hydrogen-bond donors (Lipinski definition) is 0. The van der Waals surface area contributed by atoms with Crippen LogP contribution in [0.4, 0.5) is 5.69 Å². The molecule has 0 spiro atoms. The first-order valence-corrected chi connectivity index (χ1v) is 7.36. The smallest absolute Gasteiger partial charge is 0.261 e. The van der Waals surface area contributed by atoms with E-state index in [2.05, 4.69) is 13.0 Å². The minimum Gasteiger partial charge on any atom is -0.302 e. The Hall–Kier alpha value is -2.59. The normalized spacial score (nSPS) is 21.2. The van der Waals surface area contributed by atoms with Gasteiger partial charge < -0.3 is 4.90 Å². The first-order valence-electron chi connectivity index (χ1n) is 7.36. The van der Waals surface area contributed by atoms with Gasteiger partial charge in [0.2, 0.25) is 0 Å². The van der Waals surface area contributed by atoms with Crippen molar-refractivity contribution in [3.8, 4) is 12.1 Å². The van der Waals surface area contributed by atoms with E-state index in [-0.39, 0.29) is 22.6 Å². The summed E-state index contributed by atoms with van der Waals surface area (Å²) in [6.45, 7) is 8.16. The molecule has 3 rings (SSSR count). The van der Waals surface area contributed by atoms with Crippen LogP contribution in [0.5, 0.6) is 0 Å². The fourth-order valence-corrected chi connectivity index (χ4v) is 3.88. The molecule has 2 aliphatic rings. The molecule has 22 heavy (non-hydrogen) atoms. The van der Waals surface area contributed by atoms with Crippen LogP contribution in [0.1, 0.15) is 49.8 Å². The summed E-state index contributed by atoms with van der Waals surface area (Å²) in [5.74, 6) is 0.112. The molecular weight excluding hydrogens is 274 g/mol. The molecule has 0 aliphatic carbocycles. The molecule has 110 valence electrons. The monoisotopic (exact) mass is 291 g/mol. The van der Waals surface area contributed by atoms with Gasteiger partial charge in [0.25, 0.3) is 5.91 Å². The SMILES string of the molecule is Cc1ccc2c3c1C(=C(C#N)C#N)C(=O)N3C(C)(C)CC2C. The second kappa shape index (κ2) is 4.45. The van der Waals surface area contributed by atoms with Crippen molar-refractivity contribution in [3.05, 3.63) is 34.4 Å². The molecule has 0 N–H and O–H groups in total. The standard InChI is InChI=1S/C18H17N3O/c1-10-5-6-13-11(2)7-18(3,4)21-16(13)14(10)15(17(21)22)12(8-19)9-20/h5-6,11H,7H2,1-4H3. The number of amides is 1. The molecule has 0 saturated heterocycles. The number of allylic oxidation sites excluding steroid dienone is 1. The molecule has 1 unspecified atom stereocenters. The lowest BCUT2D eigenvalue weighted by Crippen LogP contribution is -2.49. The van der Waals surface area contributed by atoms with Crippen molar-refractivity contribution in [1.82, 2.24) is 0 Å². The highest BCUT2D eigenvalue weighted by molar-refractivity contribution is 6.35. The molecule has 2 heterocycles. The number of carbonyl (C=O) groups is 1.